The highest BCUT2D eigenvalue weighted by molar-refractivity contribution is 7.09. The van der Waals surface area contributed by atoms with Gasteiger partial charge in [0.1, 0.15) is 17.9 Å². The Morgan fingerprint density at radius 2 is 2.06 bits per heavy atom. The molecule has 1 aliphatic carbocycles. The molecule has 2 N–H and O–H groups in total. The highest BCUT2D eigenvalue weighted by Gasteiger charge is 2.40. The molecule has 3 rings (SSSR count). The van der Waals surface area contributed by atoms with Gasteiger partial charge >= 0.3 is 0 Å². The lowest BCUT2D eigenvalue weighted by molar-refractivity contribution is -0.133. The number of hydrogen-bond acceptors (Lipinski definition) is 5. The maximum atomic E-state index is 12.9. The number of amides is 2. The van der Waals surface area contributed by atoms with Crippen molar-refractivity contribution in [3.8, 4) is 5.75 Å². The molecule has 1 aromatic heterocycles. The van der Waals surface area contributed by atoms with Gasteiger partial charge in [0.2, 0.25) is 11.8 Å². The number of unbranched alkanes of at least 4 members (excludes halogenated alkanes) is 1. The van der Waals surface area contributed by atoms with Gasteiger partial charge in [0.25, 0.3) is 0 Å². The summed E-state index contributed by atoms with van der Waals surface area (Å²) in [7, 11) is 0. The van der Waals surface area contributed by atoms with Crippen LogP contribution >= 0.6 is 11.3 Å². The molecule has 172 valence electrons. The maximum Gasteiger partial charge on any atom is 0.245 e. The standard InChI is InChI=1S/C25H33N3O3S/c1-3-4-15-26-24(30)25(13-6-5-7-14-25)28-23(29)12-11-20-9-8-10-22(16-20)31-17-21-18-32-19(2)27-21/h8-12,16,18H,3-7,13-15,17H2,1-2H3,(H,26,30)(H,28,29). The smallest absolute Gasteiger partial charge is 0.245 e. The van der Waals surface area contributed by atoms with Gasteiger partial charge in [0.05, 0.1) is 10.7 Å². The van der Waals surface area contributed by atoms with E-state index in [2.05, 4.69) is 22.5 Å². The minimum atomic E-state index is -0.802. The van der Waals surface area contributed by atoms with Gasteiger partial charge in [0.15, 0.2) is 0 Å². The summed E-state index contributed by atoms with van der Waals surface area (Å²) in [5.41, 5.74) is 0.962. The van der Waals surface area contributed by atoms with Gasteiger partial charge < -0.3 is 15.4 Å². The summed E-state index contributed by atoms with van der Waals surface area (Å²) in [5.74, 6) is 0.416. The fourth-order valence-electron chi connectivity index (χ4n) is 3.90. The first-order valence-electron chi connectivity index (χ1n) is 11.4. The van der Waals surface area contributed by atoms with Gasteiger partial charge in [-0.05, 0) is 50.0 Å². The highest BCUT2D eigenvalue weighted by atomic mass is 32.1. The van der Waals surface area contributed by atoms with Gasteiger partial charge in [-0.15, -0.1) is 11.3 Å². The van der Waals surface area contributed by atoms with Gasteiger partial charge in [-0.2, -0.15) is 0 Å². The summed E-state index contributed by atoms with van der Waals surface area (Å²) >= 11 is 1.60. The molecular weight excluding hydrogens is 422 g/mol. The molecule has 0 atom stereocenters. The average Bonchev–Trinajstić information content (AvgIpc) is 3.22. The number of benzene rings is 1. The first kappa shape index (κ1) is 24.0. The Morgan fingerprint density at radius 1 is 1.25 bits per heavy atom. The van der Waals surface area contributed by atoms with Crippen molar-refractivity contribution in [3.63, 3.8) is 0 Å². The molecule has 2 amide bonds. The predicted octanol–water partition coefficient (Wildman–Crippen LogP) is 4.78. The Morgan fingerprint density at radius 3 is 2.78 bits per heavy atom. The topological polar surface area (TPSA) is 80.3 Å². The largest absolute Gasteiger partial charge is 0.487 e. The Hall–Kier alpha value is -2.67. The van der Waals surface area contributed by atoms with Crippen molar-refractivity contribution in [3.05, 3.63) is 52.0 Å². The lowest BCUT2D eigenvalue weighted by atomic mass is 9.80. The minimum Gasteiger partial charge on any atom is -0.487 e. The van der Waals surface area contributed by atoms with Crippen molar-refractivity contribution in [2.24, 2.45) is 0 Å². The normalized spacial score (nSPS) is 15.4. The molecule has 6 nitrogen and oxygen atoms in total. The summed E-state index contributed by atoms with van der Waals surface area (Å²) in [6, 6.07) is 7.58. The van der Waals surface area contributed by atoms with Crippen LogP contribution in [0.15, 0.2) is 35.7 Å². The van der Waals surface area contributed by atoms with Crippen molar-refractivity contribution in [2.45, 2.75) is 70.9 Å². The van der Waals surface area contributed by atoms with Gasteiger partial charge in [-0.3, -0.25) is 9.59 Å². The molecule has 0 unspecified atom stereocenters. The van der Waals surface area contributed by atoms with E-state index in [-0.39, 0.29) is 11.8 Å². The summed E-state index contributed by atoms with van der Waals surface area (Å²) in [4.78, 5) is 30.0. The molecule has 0 aliphatic heterocycles. The predicted molar refractivity (Wildman–Crippen MR) is 129 cm³/mol. The van der Waals surface area contributed by atoms with Gasteiger partial charge in [0, 0.05) is 18.0 Å². The Kier molecular flexibility index (Phi) is 8.85. The number of carbonyl (C=O) groups excluding carboxylic acids is 2. The number of nitrogens with one attached hydrogen (secondary N) is 2. The molecular formula is C25H33N3O3S. The van der Waals surface area contributed by atoms with E-state index in [0.29, 0.717) is 26.0 Å². The van der Waals surface area contributed by atoms with Gasteiger partial charge in [-0.25, -0.2) is 4.98 Å². The second kappa shape index (κ2) is 11.8. The number of carbonyl (C=O) groups is 2. The molecule has 0 spiro atoms. The Balaban J connectivity index is 1.59. The van der Waals surface area contributed by atoms with E-state index in [4.69, 9.17) is 4.74 Å². The Bertz CT molecular complexity index is 932. The molecule has 2 aromatic rings. The second-order valence-electron chi connectivity index (χ2n) is 8.29. The van der Waals surface area contributed by atoms with Crippen LogP contribution in [0.25, 0.3) is 6.08 Å². The van der Waals surface area contributed by atoms with Crippen LogP contribution in [0.5, 0.6) is 5.75 Å². The molecule has 1 aromatic carbocycles. The third-order valence-corrected chi connectivity index (χ3v) is 6.48. The quantitative estimate of drug-likeness (QED) is 0.399. The van der Waals surface area contributed by atoms with E-state index in [1.165, 1.54) is 6.08 Å². The zero-order valence-electron chi connectivity index (χ0n) is 19.0. The van der Waals surface area contributed by atoms with E-state index in [9.17, 15) is 9.59 Å². The summed E-state index contributed by atoms with van der Waals surface area (Å²) in [6.45, 7) is 5.12. The Labute approximate surface area is 194 Å². The summed E-state index contributed by atoms with van der Waals surface area (Å²) in [5, 5.41) is 9.03. The zero-order valence-corrected chi connectivity index (χ0v) is 19.8. The number of aromatic nitrogens is 1. The lowest BCUT2D eigenvalue weighted by Gasteiger charge is -2.36. The van der Waals surface area contributed by atoms with E-state index in [1.54, 1.807) is 17.4 Å². The third kappa shape index (κ3) is 6.92. The molecule has 1 heterocycles. The SMILES string of the molecule is CCCCNC(=O)C1(NC(=O)C=Cc2cccc(OCc3csc(C)n3)c2)CCCCC1. The molecule has 1 saturated carbocycles. The van der Waals surface area contributed by atoms with Crippen LogP contribution in [0, 0.1) is 6.92 Å². The fraction of sp³-hybridized carbons (Fsp3) is 0.480. The van der Waals surface area contributed by atoms with Crippen molar-refractivity contribution in [1.82, 2.24) is 15.6 Å². The highest BCUT2D eigenvalue weighted by Crippen LogP contribution is 2.28. The number of thiazole rings is 1. The minimum absolute atomic E-state index is 0.0555. The first-order valence-corrected chi connectivity index (χ1v) is 12.3. The number of ether oxygens (including phenoxy) is 1. The molecule has 0 radical (unpaired) electrons. The zero-order chi connectivity index (χ0) is 22.8. The second-order valence-corrected chi connectivity index (χ2v) is 9.36. The van der Waals surface area contributed by atoms with Crippen molar-refractivity contribution in [1.29, 1.82) is 0 Å². The van der Waals surface area contributed by atoms with E-state index in [0.717, 1.165) is 54.1 Å². The molecule has 1 aliphatic rings. The number of aryl methyl sites for hydroxylation is 1. The first-order chi connectivity index (χ1) is 15.5. The third-order valence-electron chi connectivity index (χ3n) is 5.66. The fourth-order valence-corrected chi connectivity index (χ4v) is 4.50. The number of hydrogen-bond donors (Lipinski definition) is 2. The van der Waals surface area contributed by atoms with Crippen LogP contribution in [0.1, 0.15) is 68.1 Å². The number of nitrogens with zero attached hydrogens (tertiary/aromatic N) is 1. The van der Waals surface area contributed by atoms with Crippen molar-refractivity contribution in [2.75, 3.05) is 6.54 Å². The average molecular weight is 456 g/mol. The molecule has 32 heavy (non-hydrogen) atoms. The summed E-state index contributed by atoms with van der Waals surface area (Å²) in [6.07, 6.45) is 9.58. The van der Waals surface area contributed by atoms with Crippen LogP contribution in [0.3, 0.4) is 0 Å². The van der Waals surface area contributed by atoms with E-state index in [1.807, 2.05) is 36.6 Å². The van der Waals surface area contributed by atoms with Crippen LogP contribution < -0.4 is 15.4 Å². The number of rotatable bonds is 10. The monoisotopic (exact) mass is 455 g/mol. The lowest BCUT2D eigenvalue weighted by Crippen LogP contribution is -2.59. The van der Waals surface area contributed by atoms with Crippen molar-refractivity contribution < 1.29 is 14.3 Å². The van der Waals surface area contributed by atoms with Crippen molar-refractivity contribution >= 4 is 29.2 Å². The van der Waals surface area contributed by atoms with Crippen LogP contribution in [-0.4, -0.2) is 28.9 Å². The molecule has 7 heteroatoms. The molecule has 1 fully saturated rings. The molecule has 0 saturated heterocycles. The van der Waals surface area contributed by atoms with E-state index >= 15 is 0 Å². The van der Waals surface area contributed by atoms with Crippen LogP contribution in [0.4, 0.5) is 0 Å². The summed E-state index contributed by atoms with van der Waals surface area (Å²) < 4.78 is 5.83. The molecule has 0 bridgehead atoms. The van der Waals surface area contributed by atoms with Gasteiger partial charge in [-0.1, -0.05) is 44.7 Å². The van der Waals surface area contributed by atoms with Crippen LogP contribution in [-0.2, 0) is 16.2 Å². The van der Waals surface area contributed by atoms with E-state index < -0.39 is 5.54 Å². The van der Waals surface area contributed by atoms with Crippen LogP contribution in [0.2, 0.25) is 0 Å². The maximum absolute atomic E-state index is 12.9.